The van der Waals surface area contributed by atoms with Gasteiger partial charge in [0.25, 0.3) is 0 Å². The Kier molecular flexibility index (Phi) is 38.2. The van der Waals surface area contributed by atoms with Crippen LogP contribution in [0, 0.1) is 0 Å². The van der Waals surface area contributed by atoms with Gasteiger partial charge in [-0.1, -0.05) is 185 Å². The lowest BCUT2D eigenvalue weighted by atomic mass is 10.0. The summed E-state index contributed by atoms with van der Waals surface area (Å²) in [6.45, 7) is 4.13. The zero-order valence-corrected chi connectivity index (χ0v) is 32.6. The van der Waals surface area contributed by atoms with Crippen LogP contribution in [0.2, 0.25) is 0 Å². The van der Waals surface area contributed by atoms with Crippen LogP contribution in [0.15, 0.2) is 36.5 Å². The number of hydrogen-bond acceptors (Lipinski definition) is 4. The molecule has 0 aromatic carbocycles. The third-order valence-electron chi connectivity index (χ3n) is 9.73. The van der Waals surface area contributed by atoms with Gasteiger partial charge in [0.05, 0.1) is 18.8 Å². The zero-order valence-electron chi connectivity index (χ0n) is 32.6. The van der Waals surface area contributed by atoms with Crippen molar-refractivity contribution in [2.24, 2.45) is 0 Å². The van der Waals surface area contributed by atoms with Crippen LogP contribution in [0.4, 0.5) is 0 Å². The number of aliphatic hydroxyl groups is 3. The lowest BCUT2D eigenvalue weighted by Crippen LogP contribution is -2.50. The molecule has 0 aromatic rings. The van der Waals surface area contributed by atoms with E-state index in [0.29, 0.717) is 19.3 Å². The molecule has 0 heterocycles. The Bertz CT molecular complexity index is 764. The minimum atomic E-state index is -1.18. The molecule has 0 aliphatic rings. The molecule has 288 valence electrons. The van der Waals surface area contributed by atoms with E-state index in [1.54, 1.807) is 0 Å². The quantitative estimate of drug-likeness (QED) is 0.0384. The van der Waals surface area contributed by atoms with Gasteiger partial charge in [0, 0.05) is 6.42 Å². The lowest BCUT2D eigenvalue weighted by Gasteiger charge is -2.26. The molecule has 0 aliphatic heterocycles. The molecule has 3 unspecified atom stereocenters. The van der Waals surface area contributed by atoms with E-state index in [1.807, 2.05) is 6.08 Å². The molecule has 0 saturated carbocycles. The van der Waals surface area contributed by atoms with E-state index in [1.165, 1.54) is 148 Å². The highest BCUT2D eigenvalue weighted by atomic mass is 16.3. The van der Waals surface area contributed by atoms with Crippen LogP contribution in [-0.2, 0) is 4.79 Å². The highest BCUT2D eigenvalue weighted by Gasteiger charge is 2.26. The Hall–Kier alpha value is -1.43. The van der Waals surface area contributed by atoms with Crippen molar-refractivity contribution < 1.29 is 20.1 Å². The Morgan fingerprint density at radius 2 is 0.878 bits per heavy atom. The van der Waals surface area contributed by atoms with Gasteiger partial charge in [0.2, 0.25) is 5.91 Å². The van der Waals surface area contributed by atoms with E-state index in [9.17, 15) is 20.1 Å². The van der Waals surface area contributed by atoms with Crippen LogP contribution < -0.4 is 5.32 Å². The largest absolute Gasteiger partial charge is 0.394 e. The summed E-state index contributed by atoms with van der Waals surface area (Å²) in [6.07, 6.45) is 48.4. The van der Waals surface area contributed by atoms with Crippen LogP contribution in [0.3, 0.4) is 0 Å². The van der Waals surface area contributed by atoms with Gasteiger partial charge in [-0.3, -0.25) is 4.79 Å². The molecule has 4 N–H and O–H groups in total. The SMILES string of the molecule is CCCCCCCC/C=C\C/C=C\CCC(=O)NC(CO)C(O)C(O)CCC/C=C/CCCCCCCCCCCCCCCCCCC. The third-order valence-corrected chi connectivity index (χ3v) is 9.73. The molecule has 0 spiro atoms. The number of unbranched alkanes of at least 4 members (excludes halogenated alkanes) is 24. The van der Waals surface area contributed by atoms with Gasteiger partial charge >= 0.3 is 0 Å². The topological polar surface area (TPSA) is 89.8 Å². The minimum absolute atomic E-state index is 0.221. The van der Waals surface area contributed by atoms with Gasteiger partial charge in [0.1, 0.15) is 6.10 Å². The number of allylic oxidation sites excluding steroid dienone is 6. The Labute approximate surface area is 304 Å². The molecule has 0 aliphatic carbocycles. The second-order valence-electron chi connectivity index (χ2n) is 14.5. The van der Waals surface area contributed by atoms with E-state index in [4.69, 9.17) is 0 Å². The molecular weight excluding hydrogens is 606 g/mol. The van der Waals surface area contributed by atoms with Crippen molar-refractivity contribution in [2.75, 3.05) is 6.61 Å². The van der Waals surface area contributed by atoms with Crippen molar-refractivity contribution in [3.05, 3.63) is 36.5 Å². The Morgan fingerprint density at radius 1 is 0.510 bits per heavy atom. The van der Waals surface area contributed by atoms with Crippen LogP contribution in [0.5, 0.6) is 0 Å². The van der Waals surface area contributed by atoms with Gasteiger partial charge in [-0.05, 0) is 57.8 Å². The van der Waals surface area contributed by atoms with Crippen molar-refractivity contribution in [3.8, 4) is 0 Å². The molecule has 3 atom stereocenters. The first-order valence-corrected chi connectivity index (χ1v) is 21.3. The standard InChI is InChI=1S/C44H83NO4/c1-3-5-7-9-11-13-15-17-18-19-20-21-22-23-24-25-27-28-30-32-34-36-38-42(47)44(49)41(40-46)45-43(48)39-37-35-33-31-29-26-16-14-12-10-8-6-4-2/h26,29-30,32-33,35,41-42,44,46-47,49H,3-25,27-28,31,34,36-40H2,1-2H3,(H,45,48)/b29-26-,32-30+,35-33-. The highest BCUT2D eigenvalue weighted by molar-refractivity contribution is 5.76. The first kappa shape index (κ1) is 47.6. The fourth-order valence-corrected chi connectivity index (χ4v) is 6.39. The van der Waals surface area contributed by atoms with Crippen molar-refractivity contribution in [2.45, 2.75) is 231 Å². The van der Waals surface area contributed by atoms with Crippen LogP contribution >= 0.6 is 0 Å². The van der Waals surface area contributed by atoms with Gasteiger partial charge in [0.15, 0.2) is 0 Å². The Morgan fingerprint density at radius 3 is 1.31 bits per heavy atom. The van der Waals surface area contributed by atoms with E-state index in [-0.39, 0.29) is 5.91 Å². The summed E-state index contributed by atoms with van der Waals surface area (Å²) in [5.74, 6) is -0.221. The van der Waals surface area contributed by atoms with Crippen molar-refractivity contribution in [1.82, 2.24) is 5.32 Å². The number of carbonyl (C=O) groups is 1. The number of carbonyl (C=O) groups excluding carboxylic acids is 1. The second-order valence-corrected chi connectivity index (χ2v) is 14.5. The molecule has 0 radical (unpaired) electrons. The predicted octanol–water partition coefficient (Wildman–Crippen LogP) is 12.0. The molecule has 5 heteroatoms. The maximum Gasteiger partial charge on any atom is 0.220 e. The molecule has 0 aromatic heterocycles. The number of hydrogen-bond donors (Lipinski definition) is 4. The molecule has 0 fully saturated rings. The number of aliphatic hydroxyl groups excluding tert-OH is 3. The third kappa shape index (κ3) is 34.8. The number of amides is 1. The monoisotopic (exact) mass is 690 g/mol. The fourth-order valence-electron chi connectivity index (χ4n) is 6.39. The molecule has 0 bridgehead atoms. The van der Waals surface area contributed by atoms with Crippen LogP contribution in [0.1, 0.15) is 213 Å². The van der Waals surface area contributed by atoms with E-state index in [2.05, 4.69) is 49.5 Å². The average Bonchev–Trinajstić information content (AvgIpc) is 3.10. The van der Waals surface area contributed by atoms with Gasteiger partial charge < -0.3 is 20.6 Å². The molecule has 0 rings (SSSR count). The summed E-state index contributed by atoms with van der Waals surface area (Å²) >= 11 is 0. The fraction of sp³-hybridized carbons (Fsp3) is 0.841. The summed E-state index contributed by atoms with van der Waals surface area (Å²) in [4.78, 5) is 12.3. The minimum Gasteiger partial charge on any atom is -0.394 e. The van der Waals surface area contributed by atoms with Crippen molar-refractivity contribution >= 4 is 5.91 Å². The van der Waals surface area contributed by atoms with Crippen LogP contribution in [0.25, 0.3) is 0 Å². The summed E-state index contributed by atoms with van der Waals surface area (Å²) in [7, 11) is 0. The van der Waals surface area contributed by atoms with Crippen molar-refractivity contribution in [3.63, 3.8) is 0 Å². The first-order valence-electron chi connectivity index (χ1n) is 21.3. The zero-order chi connectivity index (χ0) is 35.9. The van der Waals surface area contributed by atoms with Gasteiger partial charge in [-0.25, -0.2) is 0 Å². The van der Waals surface area contributed by atoms with E-state index in [0.717, 1.165) is 32.1 Å². The summed E-state index contributed by atoms with van der Waals surface area (Å²) in [6, 6.07) is -0.855. The highest BCUT2D eigenvalue weighted by Crippen LogP contribution is 2.15. The van der Waals surface area contributed by atoms with Gasteiger partial charge in [-0.15, -0.1) is 0 Å². The average molecular weight is 690 g/mol. The lowest BCUT2D eigenvalue weighted by molar-refractivity contribution is -0.124. The summed E-state index contributed by atoms with van der Waals surface area (Å²) in [5.41, 5.74) is 0. The van der Waals surface area contributed by atoms with Crippen molar-refractivity contribution in [1.29, 1.82) is 0 Å². The first-order chi connectivity index (χ1) is 24.1. The molecular formula is C44H83NO4. The van der Waals surface area contributed by atoms with Crippen LogP contribution in [-0.4, -0.2) is 46.1 Å². The molecule has 5 nitrogen and oxygen atoms in total. The summed E-state index contributed by atoms with van der Waals surface area (Å²) < 4.78 is 0. The smallest absolute Gasteiger partial charge is 0.220 e. The molecule has 0 saturated heterocycles. The Balaban J connectivity index is 3.70. The molecule has 1 amide bonds. The number of rotatable bonds is 38. The summed E-state index contributed by atoms with van der Waals surface area (Å²) in [5, 5.41) is 33.4. The predicted molar refractivity (Wildman–Crippen MR) is 213 cm³/mol. The molecule has 49 heavy (non-hydrogen) atoms. The maximum absolute atomic E-state index is 12.3. The normalized spacial score (nSPS) is 14.0. The van der Waals surface area contributed by atoms with E-state index < -0.39 is 24.9 Å². The van der Waals surface area contributed by atoms with Gasteiger partial charge in [-0.2, -0.15) is 0 Å². The number of nitrogens with one attached hydrogen (secondary N) is 1. The second kappa shape index (κ2) is 39.4. The van der Waals surface area contributed by atoms with E-state index >= 15 is 0 Å². The maximum atomic E-state index is 12.3.